The maximum Gasteiger partial charge on any atom is 0.265 e. The third kappa shape index (κ3) is 5.00. The van der Waals surface area contributed by atoms with Gasteiger partial charge in [-0.2, -0.15) is 0 Å². The molecule has 0 radical (unpaired) electrons. The Balaban J connectivity index is 1.19. The van der Waals surface area contributed by atoms with E-state index in [1.165, 1.54) is 34.6 Å². The predicted octanol–water partition coefficient (Wildman–Crippen LogP) is 5.22. The molecule has 0 saturated heterocycles. The van der Waals surface area contributed by atoms with Crippen molar-refractivity contribution in [2.75, 3.05) is 20.9 Å². The van der Waals surface area contributed by atoms with Crippen LogP contribution in [0.1, 0.15) is 12.8 Å². The second-order valence-electron chi connectivity index (χ2n) is 8.50. The summed E-state index contributed by atoms with van der Waals surface area (Å²) in [6.07, 6.45) is 0.403. The SMILES string of the molecule is O=C(CCCN1c2cccc3cccc(c23)S1(=O)=O)Nc1ccc(S(=O)(=O)Nc2cccc(Cl)c2)cc1. The average molecular weight is 556 g/mol. The molecule has 4 aromatic carbocycles. The van der Waals surface area contributed by atoms with Crippen LogP contribution in [-0.2, 0) is 24.8 Å². The Bertz CT molecular complexity index is 1720. The van der Waals surface area contributed by atoms with Crippen LogP contribution in [0.5, 0.6) is 0 Å². The molecule has 1 aliphatic heterocycles. The first kappa shape index (κ1) is 25.1. The van der Waals surface area contributed by atoms with Crippen LogP contribution >= 0.6 is 11.6 Å². The summed E-state index contributed by atoms with van der Waals surface area (Å²) >= 11 is 5.91. The van der Waals surface area contributed by atoms with Gasteiger partial charge in [-0.1, -0.05) is 41.9 Å². The van der Waals surface area contributed by atoms with Crippen molar-refractivity contribution in [3.8, 4) is 0 Å². The molecule has 1 aliphatic rings. The molecule has 0 fully saturated rings. The molecular weight excluding hydrogens is 534 g/mol. The zero-order valence-corrected chi connectivity index (χ0v) is 21.8. The zero-order chi connectivity index (χ0) is 26.2. The van der Waals surface area contributed by atoms with Crippen molar-refractivity contribution >= 4 is 65.4 Å². The van der Waals surface area contributed by atoms with Gasteiger partial charge in [-0.15, -0.1) is 0 Å². The number of hydrogen-bond acceptors (Lipinski definition) is 5. The van der Waals surface area contributed by atoms with Gasteiger partial charge in [0.1, 0.15) is 0 Å². The quantitative estimate of drug-likeness (QED) is 0.309. The summed E-state index contributed by atoms with van der Waals surface area (Å²) in [6.45, 7) is 0.163. The second kappa shape index (κ2) is 9.70. The van der Waals surface area contributed by atoms with E-state index in [9.17, 15) is 21.6 Å². The monoisotopic (exact) mass is 555 g/mol. The summed E-state index contributed by atoms with van der Waals surface area (Å²) in [5, 5.41) is 4.68. The van der Waals surface area contributed by atoms with Crippen LogP contribution in [0.25, 0.3) is 10.8 Å². The highest BCUT2D eigenvalue weighted by Gasteiger charge is 2.35. The smallest absolute Gasteiger partial charge is 0.265 e. The van der Waals surface area contributed by atoms with Gasteiger partial charge in [0, 0.05) is 29.1 Å². The number of amides is 1. The molecule has 5 rings (SSSR count). The van der Waals surface area contributed by atoms with Crippen molar-refractivity contribution in [2.24, 2.45) is 0 Å². The Morgan fingerprint density at radius 1 is 0.892 bits per heavy atom. The van der Waals surface area contributed by atoms with E-state index in [0.29, 0.717) is 33.9 Å². The summed E-state index contributed by atoms with van der Waals surface area (Å²) in [5.41, 5.74) is 1.39. The molecule has 0 atom stereocenters. The zero-order valence-electron chi connectivity index (χ0n) is 19.4. The third-order valence-electron chi connectivity index (χ3n) is 5.97. The van der Waals surface area contributed by atoms with Crippen LogP contribution in [0.15, 0.2) is 94.7 Å². The molecule has 0 aromatic heterocycles. The fraction of sp³-hybridized carbons (Fsp3) is 0.115. The number of nitrogens with zero attached hydrogens (tertiary/aromatic N) is 1. The number of nitrogens with one attached hydrogen (secondary N) is 2. The number of sulfonamides is 2. The molecule has 8 nitrogen and oxygen atoms in total. The minimum atomic E-state index is -3.83. The number of halogens is 1. The van der Waals surface area contributed by atoms with Crippen LogP contribution in [-0.4, -0.2) is 29.3 Å². The normalized spacial score (nSPS) is 14.0. The van der Waals surface area contributed by atoms with Crippen molar-refractivity contribution in [3.63, 3.8) is 0 Å². The average Bonchev–Trinajstić information content (AvgIpc) is 3.07. The maximum absolute atomic E-state index is 13.0. The van der Waals surface area contributed by atoms with Crippen molar-refractivity contribution in [2.45, 2.75) is 22.6 Å². The number of hydrogen-bond donors (Lipinski definition) is 2. The van der Waals surface area contributed by atoms with Crippen molar-refractivity contribution in [1.82, 2.24) is 0 Å². The lowest BCUT2D eigenvalue weighted by atomic mass is 10.1. The molecule has 0 aliphatic carbocycles. The lowest BCUT2D eigenvalue weighted by molar-refractivity contribution is -0.116. The topological polar surface area (TPSA) is 113 Å². The molecule has 37 heavy (non-hydrogen) atoms. The highest BCUT2D eigenvalue weighted by atomic mass is 35.5. The van der Waals surface area contributed by atoms with Crippen molar-refractivity contribution < 1.29 is 21.6 Å². The first-order valence-electron chi connectivity index (χ1n) is 11.4. The third-order valence-corrected chi connectivity index (χ3v) is 9.46. The summed E-state index contributed by atoms with van der Waals surface area (Å²) in [4.78, 5) is 12.8. The molecule has 190 valence electrons. The largest absolute Gasteiger partial charge is 0.326 e. The van der Waals surface area contributed by atoms with E-state index in [-0.39, 0.29) is 28.7 Å². The van der Waals surface area contributed by atoms with Crippen molar-refractivity contribution in [1.29, 1.82) is 0 Å². The van der Waals surface area contributed by atoms with E-state index < -0.39 is 20.0 Å². The van der Waals surface area contributed by atoms with Gasteiger partial charge in [0.15, 0.2) is 0 Å². The Kier molecular flexibility index (Phi) is 6.57. The molecular formula is C26H22ClN3O5S2. The maximum atomic E-state index is 13.0. The lowest BCUT2D eigenvalue weighted by Gasteiger charge is -2.18. The molecule has 0 spiro atoms. The van der Waals surface area contributed by atoms with Crippen LogP contribution in [0.2, 0.25) is 5.02 Å². The summed E-state index contributed by atoms with van der Waals surface area (Å²) < 4.78 is 55.1. The van der Waals surface area contributed by atoms with E-state index in [1.807, 2.05) is 18.2 Å². The summed E-state index contributed by atoms with van der Waals surface area (Å²) in [7, 11) is -7.50. The van der Waals surface area contributed by atoms with Crippen LogP contribution in [0, 0.1) is 0 Å². The Morgan fingerprint density at radius 3 is 2.32 bits per heavy atom. The first-order chi connectivity index (χ1) is 17.6. The van der Waals surface area contributed by atoms with Gasteiger partial charge in [0.2, 0.25) is 5.91 Å². The molecule has 0 bridgehead atoms. The Morgan fingerprint density at radius 2 is 1.59 bits per heavy atom. The van der Waals surface area contributed by atoms with Crippen LogP contribution in [0.4, 0.5) is 17.1 Å². The van der Waals surface area contributed by atoms with Gasteiger partial charge in [-0.05, 0) is 66.4 Å². The second-order valence-corrected chi connectivity index (χ2v) is 12.5. The van der Waals surface area contributed by atoms with Gasteiger partial charge >= 0.3 is 0 Å². The number of rotatable bonds is 8. The van der Waals surface area contributed by atoms with E-state index in [2.05, 4.69) is 10.0 Å². The molecule has 4 aromatic rings. The number of benzene rings is 4. The van der Waals surface area contributed by atoms with E-state index in [4.69, 9.17) is 11.6 Å². The predicted molar refractivity (Wildman–Crippen MR) is 145 cm³/mol. The van der Waals surface area contributed by atoms with Gasteiger partial charge in [-0.3, -0.25) is 13.8 Å². The first-order valence-corrected chi connectivity index (χ1v) is 14.7. The molecule has 1 amide bonds. The highest BCUT2D eigenvalue weighted by Crippen LogP contribution is 2.42. The Labute approximate surface area is 220 Å². The van der Waals surface area contributed by atoms with Gasteiger partial charge in [0.05, 0.1) is 21.2 Å². The fourth-order valence-electron chi connectivity index (χ4n) is 4.29. The van der Waals surface area contributed by atoms with Crippen LogP contribution in [0.3, 0.4) is 0 Å². The highest BCUT2D eigenvalue weighted by molar-refractivity contribution is 7.93. The molecule has 1 heterocycles. The minimum Gasteiger partial charge on any atom is -0.326 e. The molecule has 2 N–H and O–H groups in total. The summed E-state index contributed by atoms with van der Waals surface area (Å²) in [6, 6.07) is 22.8. The van der Waals surface area contributed by atoms with Gasteiger partial charge in [-0.25, -0.2) is 16.8 Å². The fourth-order valence-corrected chi connectivity index (χ4v) is 7.28. The summed E-state index contributed by atoms with van der Waals surface area (Å²) in [5.74, 6) is -0.306. The lowest BCUT2D eigenvalue weighted by Crippen LogP contribution is -2.28. The number of anilines is 3. The van der Waals surface area contributed by atoms with E-state index >= 15 is 0 Å². The number of carbonyl (C=O) groups is 1. The Hall–Kier alpha value is -3.60. The van der Waals surface area contributed by atoms with Gasteiger partial charge < -0.3 is 5.32 Å². The van der Waals surface area contributed by atoms with Crippen molar-refractivity contribution in [3.05, 3.63) is 90.0 Å². The van der Waals surface area contributed by atoms with E-state index in [1.54, 1.807) is 36.4 Å². The standard InChI is InChI=1S/C26H22ClN3O5S2/c27-19-7-3-8-21(17-19)29-36(32,33)22-14-12-20(13-15-22)28-25(31)11-4-16-30-23-9-1-5-18-6-2-10-24(26(18)23)37(30,34)35/h1-3,5-10,12-15,17,29H,4,11,16H2,(H,28,31). The number of carbonyl (C=O) groups excluding carboxylic acids is 1. The van der Waals surface area contributed by atoms with E-state index in [0.717, 1.165) is 5.39 Å². The molecule has 0 unspecified atom stereocenters. The minimum absolute atomic E-state index is 0.0263. The molecule has 11 heteroatoms. The van der Waals surface area contributed by atoms with Crippen LogP contribution < -0.4 is 14.3 Å². The van der Waals surface area contributed by atoms with Gasteiger partial charge in [0.25, 0.3) is 20.0 Å². The molecule has 0 saturated carbocycles.